The van der Waals surface area contributed by atoms with E-state index >= 15 is 0 Å². The topological polar surface area (TPSA) is 35.2 Å². The Morgan fingerprint density at radius 1 is 0.950 bits per heavy atom. The molecule has 0 aliphatic heterocycles. The van der Waals surface area contributed by atoms with Gasteiger partial charge in [0.15, 0.2) is 0 Å². The Bertz CT molecular complexity index is 624. The molecule has 0 atom stereocenters. The summed E-state index contributed by atoms with van der Waals surface area (Å²) in [5, 5.41) is 0. The first-order valence-electron chi connectivity index (χ1n) is 5.36. The van der Waals surface area contributed by atoms with Crippen molar-refractivity contribution < 1.29 is 17.9 Å². The average Bonchev–Trinajstić information content (AvgIpc) is 2.25. The molecule has 0 saturated heterocycles. The van der Waals surface area contributed by atoms with E-state index in [1.54, 1.807) is 6.07 Å². The first-order chi connectivity index (χ1) is 9.25. The van der Waals surface area contributed by atoms with Gasteiger partial charge in [-0.3, -0.25) is 0 Å². The van der Waals surface area contributed by atoms with Crippen molar-refractivity contribution in [3.8, 4) is 11.5 Å². The Balaban J connectivity index is 2.44. The maximum absolute atomic E-state index is 12.9. The monoisotopic (exact) mass is 409 g/mol. The summed E-state index contributed by atoms with van der Waals surface area (Å²) in [5.41, 5.74) is 5.16. The lowest BCUT2D eigenvalue weighted by Crippen LogP contribution is -2.07. The van der Waals surface area contributed by atoms with E-state index in [-0.39, 0.29) is 11.5 Å². The van der Waals surface area contributed by atoms with Gasteiger partial charge in [-0.15, -0.1) is 0 Å². The number of nitrogen functional groups attached to an aromatic ring is 1. The summed E-state index contributed by atoms with van der Waals surface area (Å²) in [5.74, 6) is -0.0650. The van der Waals surface area contributed by atoms with Crippen molar-refractivity contribution in [1.82, 2.24) is 0 Å². The molecule has 0 aliphatic carbocycles. The van der Waals surface area contributed by atoms with E-state index in [0.717, 1.165) is 6.07 Å². The molecule has 2 aromatic carbocycles. The fourth-order valence-electron chi connectivity index (χ4n) is 1.59. The Morgan fingerprint density at radius 3 is 2.25 bits per heavy atom. The summed E-state index contributed by atoms with van der Waals surface area (Å²) in [6.45, 7) is 0. The molecule has 0 aliphatic rings. The van der Waals surface area contributed by atoms with Crippen LogP contribution in [0, 0.1) is 0 Å². The molecule has 0 bridgehead atoms. The Kier molecular flexibility index (Phi) is 4.29. The zero-order valence-electron chi connectivity index (χ0n) is 9.84. The van der Waals surface area contributed by atoms with Crippen molar-refractivity contribution >= 4 is 37.5 Å². The molecule has 2 nitrogen and oxygen atoms in total. The molecule has 0 heterocycles. The highest BCUT2D eigenvalue weighted by atomic mass is 79.9. The van der Waals surface area contributed by atoms with Crippen LogP contribution in [0.2, 0.25) is 0 Å². The fraction of sp³-hybridized carbons (Fsp3) is 0.0769. The number of anilines is 1. The van der Waals surface area contributed by atoms with Gasteiger partial charge in [-0.25, -0.2) is 0 Å². The summed E-state index contributed by atoms with van der Waals surface area (Å²) < 4.78 is 45.2. The summed E-state index contributed by atoms with van der Waals surface area (Å²) in [6.07, 6.45) is -4.49. The van der Waals surface area contributed by atoms with Crippen LogP contribution in [0.25, 0.3) is 0 Å². The molecular formula is C13H8Br2F3NO. The lowest BCUT2D eigenvalue weighted by molar-refractivity contribution is -0.138. The van der Waals surface area contributed by atoms with Gasteiger partial charge in [-0.1, -0.05) is 31.9 Å². The van der Waals surface area contributed by atoms with Crippen molar-refractivity contribution in [3.63, 3.8) is 0 Å². The quantitative estimate of drug-likeness (QED) is 0.653. The second-order valence-electron chi connectivity index (χ2n) is 3.96. The lowest BCUT2D eigenvalue weighted by atomic mass is 10.2. The van der Waals surface area contributed by atoms with Gasteiger partial charge in [0.25, 0.3) is 0 Å². The minimum absolute atomic E-state index is 0.223. The molecule has 0 saturated carbocycles. The minimum atomic E-state index is -4.49. The summed E-state index contributed by atoms with van der Waals surface area (Å²) in [7, 11) is 0. The van der Waals surface area contributed by atoms with Gasteiger partial charge in [-0.2, -0.15) is 13.2 Å². The minimum Gasteiger partial charge on any atom is -0.457 e. The number of alkyl halides is 3. The van der Waals surface area contributed by atoms with E-state index < -0.39 is 11.7 Å². The zero-order valence-corrected chi connectivity index (χ0v) is 13.0. The van der Waals surface area contributed by atoms with E-state index in [9.17, 15) is 13.2 Å². The molecule has 0 aromatic heterocycles. The largest absolute Gasteiger partial charge is 0.457 e. The highest BCUT2D eigenvalue weighted by Crippen LogP contribution is 2.40. The molecule has 2 aromatic rings. The molecule has 20 heavy (non-hydrogen) atoms. The van der Waals surface area contributed by atoms with Gasteiger partial charge in [0.05, 0.1) is 5.56 Å². The SMILES string of the molecule is Nc1cc(Br)cc(Oc2cc(Br)ccc2C(F)(F)F)c1. The smallest absolute Gasteiger partial charge is 0.419 e. The van der Waals surface area contributed by atoms with Crippen molar-refractivity contribution in [2.75, 3.05) is 5.73 Å². The molecule has 2 N–H and O–H groups in total. The third kappa shape index (κ3) is 3.67. The predicted molar refractivity (Wildman–Crippen MR) is 77.8 cm³/mol. The number of benzene rings is 2. The third-order valence-corrected chi connectivity index (χ3v) is 3.32. The molecule has 106 valence electrons. The number of nitrogens with two attached hydrogens (primary N) is 1. The summed E-state index contributed by atoms with van der Waals surface area (Å²) in [6, 6.07) is 8.15. The normalized spacial score (nSPS) is 11.4. The molecule has 0 spiro atoms. The molecule has 0 unspecified atom stereocenters. The number of hydrogen-bond acceptors (Lipinski definition) is 2. The Morgan fingerprint density at radius 2 is 1.65 bits per heavy atom. The number of halogens is 5. The van der Waals surface area contributed by atoms with Gasteiger partial charge in [0.1, 0.15) is 11.5 Å². The first-order valence-corrected chi connectivity index (χ1v) is 6.95. The maximum Gasteiger partial charge on any atom is 0.419 e. The Hall–Kier alpha value is -1.21. The standard InChI is InChI=1S/C13H8Br2F3NO/c14-7-1-2-11(13(16,17)18)12(5-7)20-10-4-8(15)3-9(19)6-10/h1-6H,19H2. The fourth-order valence-corrected chi connectivity index (χ4v) is 2.42. The lowest BCUT2D eigenvalue weighted by Gasteiger charge is -2.14. The highest BCUT2D eigenvalue weighted by molar-refractivity contribution is 9.10. The van der Waals surface area contributed by atoms with Crippen molar-refractivity contribution in [2.45, 2.75) is 6.18 Å². The van der Waals surface area contributed by atoms with E-state index in [4.69, 9.17) is 10.5 Å². The van der Waals surface area contributed by atoms with Crippen LogP contribution >= 0.6 is 31.9 Å². The van der Waals surface area contributed by atoms with Crippen LogP contribution in [0.5, 0.6) is 11.5 Å². The molecule has 7 heteroatoms. The second kappa shape index (κ2) is 5.65. The van der Waals surface area contributed by atoms with Crippen molar-refractivity contribution in [3.05, 3.63) is 50.9 Å². The third-order valence-electron chi connectivity index (χ3n) is 2.37. The number of hydrogen-bond donors (Lipinski definition) is 1. The average molecular weight is 411 g/mol. The molecule has 0 fully saturated rings. The zero-order chi connectivity index (χ0) is 14.9. The summed E-state index contributed by atoms with van der Waals surface area (Å²) >= 11 is 6.33. The van der Waals surface area contributed by atoms with Crippen LogP contribution in [-0.2, 0) is 6.18 Å². The maximum atomic E-state index is 12.9. The molecule has 0 amide bonds. The van der Waals surface area contributed by atoms with Crippen LogP contribution in [0.3, 0.4) is 0 Å². The Labute approximate surface area is 130 Å². The van der Waals surface area contributed by atoms with Gasteiger partial charge in [0, 0.05) is 20.7 Å². The number of rotatable bonds is 2. The van der Waals surface area contributed by atoms with Gasteiger partial charge in [-0.05, 0) is 30.3 Å². The van der Waals surface area contributed by atoms with Crippen LogP contribution < -0.4 is 10.5 Å². The van der Waals surface area contributed by atoms with Gasteiger partial charge < -0.3 is 10.5 Å². The van der Waals surface area contributed by atoms with Crippen molar-refractivity contribution in [1.29, 1.82) is 0 Å². The van der Waals surface area contributed by atoms with Crippen LogP contribution in [0.4, 0.5) is 18.9 Å². The van der Waals surface area contributed by atoms with E-state index in [2.05, 4.69) is 31.9 Å². The van der Waals surface area contributed by atoms with E-state index in [1.807, 2.05) is 0 Å². The van der Waals surface area contributed by atoms with Gasteiger partial charge in [0.2, 0.25) is 0 Å². The van der Waals surface area contributed by atoms with Crippen LogP contribution in [-0.4, -0.2) is 0 Å². The van der Waals surface area contributed by atoms with Crippen molar-refractivity contribution in [2.24, 2.45) is 0 Å². The second-order valence-corrected chi connectivity index (χ2v) is 5.79. The summed E-state index contributed by atoms with van der Waals surface area (Å²) in [4.78, 5) is 0. The highest BCUT2D eigenvalue weighted by Gasteiger charge is 2.34. The predicted octanol–water partition coefficient (Wildman–Crippen LogP) is 5.60. The van der Waals surface area contributed by atoms with Gasteiger partial charge >= 0.3 is 6.18 Å². The van der Waals surface area contributed by atoms with E-state index in [1.165, 1.54) is 24.3 Å². The van der Waals surface area contributed by atoms with Crippen LogP contribution in [0.15, 0.2) is 45.3 Å². The molecule has 0 radical (unpaired) electrons. The first kappa shape index (κ1) is 15.2. The number of ether oxygens (including phenoxy) is 1. The molecular weight excluding hydrogens is 403 g/mol. The van der Waals surface area contributed by atoms with Crippen LogP contribution in [0.1, 0.15) is 5.56 Å². The van der Waals surface area contributed by atoms with E-state index in [0.29, 0.717) is 14.6 Å². The molecule has 2 rings (SSSR count).